The Bertz CT molecular complexity index is 945. The highest BCUT2D eigenvalue weighted by Crippen LogP contribution is 2.27. The van der Waals surface area contributed by atoms with Crippen LogP contribution >= 0.6 is 0 Å². The normalized spacial score (nSPS) is 15.6. The number of anilines is 1. The van der Waals surface area contributed by atoms with E-state index < -0.39 is 19.8 Å². The van der Waals surface area contributed by atoms with Gasteiger partial charge in [0.1, 0.15) is 30.3 Å². The lowest BCUT2D eigenvalue weighted by atomic mass is 10.2. The molecule has 0 unspecified atom stereocenters. The van der Waals surface area contributed by atoms with Gasteiger partial charge >= 0.3 is 6.09 Å². The first-order valence-corrected chi connectivity index (χ1v) is 14.5. The lowest BCUT2D eigenvalue weighted by Crippen LogP contribution is -2.53. The van der Waals surface area contributed by atoms with Gasteiger partial charge in [0.05, 0.1) is 0 Å². The fraction of sp³-hybridized carbons (Fsp3) is 0.591. The third-order valence-electron chi connectivity index (χ3n) is 5.00. The molecule has 2 amide bonds. The molecule has 0 aromatic carbocycles. The maximum Gasteiger partial charge on any atom is 0.410 e. The van der Waals surface area contributed by atoms with Crippen molar-refractivity contribution in [3.05, 3.63) is 24.4 Å². The summed E-state index contributed by atoms with van der Waals surface area (Å²) in [6.45, 7) is 14.2. The predicted octanol–water partition coefficient (Wildman–Crippen LogP) is 3.93. The molecule has 0 spiro atoms. The summed E-state index contributed by atoms with van der Waals surface area (Å²) in [5.74, 6) is 0.596. The molecule has 0 bridgehead atoms. The zero-order valence-corrected chi connectivity index (χ0v) is 20.5. The number of ether oxygens (including phenoxy) is 2. The van der Waals surface area contributed by atoms with Gasteiger partial charge in [-0.3, -0.25) is 19.2 Å². The number of fused-ring (bicyclic) bond motifs is 1. The standard InChI is InChI=1S/C22H34N4O4Si/c1-22(2,3)30-21(28)24-10-11-25(19(27)15-24)18-14-17-8-7-9-23-20(17)26(18)16-29-12-13-31(4,5)6/h7-9,14H,10-13,15-16H2,1-6H3. The van der Waals surface area contributed by atoms with E-state index >= 15 is 0 Å². The fourth-order valence-electron chi connectivity index (χ4n) is 3.36. The second-order valence-corrected chi connectivity index (χ2v) is 15.8. The van der Waals surface area contributed by atoms with Crippen molar-refractivity contribution in [3.63, 3.8) is 0 Å². The number of rotatable bonds is 6. The molecule has 1 fully saturated rings. The van der Waals surface area contributed by atoms with Crippen LogP contribution in [0.25, 0.3) is 11.0 Å². The highest BCUT2D eigenvalue weighted by molar-refractivity contribution is 6.76. The number of amides is 2. The first kappa shape index (κ1) is 23.3. The van der Waals surface area contributed by atoms with Crippen molar-refractivity contribution >= 4 is 36.9 Å². The molecular weight excluding hydrogens is 412 g/mol. The van der Waals surface area contributed by atoms with E-state index in [9.17, 15) is 9.59 Å². The zero-order valence-electron chi connectivity index (χ0n) is 19.5. The van der Waals surface area contributed by atoms with E-state index in [1.807, 2.05) is 43.5 Å². The Labute approximate surface area is 185 Å². The summed E-state index contributed by atoms with van der Waals surface area (Å²) in [7, 11) is -1.19. The van der Waals surface area contributed by atoms with Gasteiger partial charge in [0.2, 0.25) is 5.91 Å². The van der Waals surface area contributed by atoms with E-state index in [0.29, 0.717) is 26.4 Å². The number of carbonyl (C=O) groups is 2. The number of aromatic nitrogens is 2. The summed E-state index contributed by atoms with van der Waals surface area (Å²) >= 11 is 0. The van der Waals surface area contributed by atoms with Crippen molar-refractivity contribution in [2.45, 2.75) is 58.8 Å². The molecule has 9 heteroatoms. The van der Waals surface area contributed by atoms with Gasteiger partial charge < -0.3 is 9.47 Å². The number of piperazine rings is 1. The molecule has 0 aliphatic carbocycles. The summed E-state index contributed by atoms with van der Waals surface area (Å²) in [6.07, 6.45) is 1.28. The van der Waals surface area contributed by atoms with E-state index in [-0.39, 0.29) is 12.5 Å². The van der Waals surface area contributed by atoms with Crippen molar-refractivity contribution in [3.8, 4) is 0 Å². The first-order chi connectivity index (χ1) is 14.4. The van der Waals surface area contributed by atoms with Crippen molar-refractivity contribution < 1.29 is 19.1 Å². The average Bonchev–Trinajstić information content (AvgIpc) is 3.01. The Morgan fingerprint density at radius 1 is 1.23 bits per heavy atom. The lowest BCUT2D eigenvalue weighted by molar-refractivity contribution is -0.121. The number of carbonyl (C=O) groups excluding carboxylic acids is 2. The largest absolute Gasteiger partial charge is 0.444 e. The SMILES string of the molecule is CC(C)(C)OC(=O)N1CCN(c2cc3cccnc3n2COCC[Si](C)(C)C)C(=O)C1. The van der Waals surface area contributed by atoms with Crippen LogP contribution in [0, 0.1) is 0 Å². The van der Waals surface area contributed by atoms with Gasteiger partial charge in [0, 0.05) is 39.4 Å². The summed E-state index contributed by atoms with van der Waals surface area (Å²) in [5, 5.41) is 0.952. The summed E-state index contributed by atoms with van der Waals surface area (Å²) in [5.41, 5.74) is 0.190. The Morgan fingerprint density at radius 2 is 1.97 bits per heavy atom. The van der Waals surface area contributed by atoms with E-state index in [1.54, 1.807) is 11.1 Å². The molecule has 1 aliphatic rings. The fourth-order valence-corrected chi connectivity index (χ4v) is 4.11. The van der Waals surface area contributed by atoms with E-state index in [4.69, 9.17) is 9.47 Å². The molecular formula is C22H34N4O4Si. The minimum Gasteiger partial charge on any atom is -0.444 e. The Balaban J connectivity index is 1.76. The molecule has 0 atom stereocenters. The summed E-state index contributed by atoms with van der Waals surface area (Å²) < 4.78 is 13.3. The van der Waals surface area contributed by atoms with E-state index in [2.05, 4.69) is 24.6 Å². The van der Waals surface area contributed by atoms with Crippen molar-refractivity contribution in [2.24, 2.45) is 0 Å². The van der Waals surface area contributed by atoms with Crippen LogP contribution in [0.15, 0.2) is 24.4 Å². The summed E-state index contributed by atoms with van der Waals surface area (Å²) in [4.78, 5) is 33.0. The third kappa shape index (κ3) is 6.07. The maximum absolute atomic E-state index is 13.0. The van der Waals surface area contributed by atoms with Crippen molar-refractivity contribution in [1.29, 1.82) is 0 Å². The van der Waals surface area contributed by atoms with Crippen LogP contribution in [0.4, 0.5) is 10.6 Å². The molecule has 31 heavy (non-hydrogen) atoms. The topological polar surface area (TPSA) is 76.9 Å². The molecule has 1 saturated heterocycles. The number of nitrogens with zero attached hydrogens (tertiary/aromatic N) is 4. The molecule has 0 N–H and O–H groups in total. The quantitative estimate of drug-likeness (QED) is 0.496. The van der Waals surface area contributed by atoms with Gasteiger partial charge in [-0.1, -0.05) is 19.6 Å². The van der Waals surface area contributed by atoms with Gasteiger partial charge in [-0.05, 0) is 45.0 Å². The highest BCUT2D eigenvalue weighted by atomic mass is 28.3. The van der Waals surface area contributed by atoms with Gasteiger partial charge in [-0.15, -0.1) is 0 Å². The van der Waals surface area contributed by atoms with Gasteiger partial charge in [-0.25, -0.2) is 9.78 Å². The summed E-state index contributed by atoms with van der Waals surface area (Å²) in [6, 6.07) is 6.89. The molecule has 2 aromatic rings. The first-order valence-electron chi connectivity index (χ1n) is 10.7. The van der Waals surface area contributed by atoms with Gasteiger partial charge in [-0.2, -0.15) is 0 Å². The Morgan fingerprint density at radius 3 is 2.61 bits per heavy atom. The lowest BCUT2D eigenvalue weighted by Gasteiger charge is -2.35. The number of pyridine rings is 1. The van der Waals surface area contributed by atoms with Gasteiger partial charge in [0.25, 0.3) is 0 Å². The second kappa shape index (κ2) is 9.00. The predicted molar refractivity (Wildman–Crippen MR) is 124 cm³/mol. The van der Waals surface area contributed by atoms with Crippen LogP contribution in [0.3, 0.4) is 0 Å². The third-order valence-corrected chi connectivity index (χ3v) is 6.70. The highest BCUT2D eigenvalue weighted by Gasteiger charge is 2.32. The Hall–Kier alpha value is -2.39. The van der Waals surface area contributed by atoms with Crippen LogP contribution in [0.5, 0.6) is 0 Å². The molecule has 3 rings (SSSR count). The van der Waals surface area contributed by atoms with Crippen LogP contribution in [-0.4, -0.2) is 66.4 Å². The van der Waals surface area contributed by atoms with Crippen LogP contribution in [0.2, 0.25) is 25.7 Å². The van der Waals surface area contributed by atoms with Crippen LogP contribution in [-0.2, 0) is 21.0 Å². The smallest absolute Gasteiger partial charge is 0.410 e. The zero-order chi connectivity index (χ0) is 22.8. The molecule has 3 heterocycles. The van der Waals surface area contributed by atoms with Crippen molar-refractivity contribution in [1.82, 2.24) is 14.5 Å². The van der Waals surface area contributed by atoms with Crippen LogP contribution < -0.4 is 4.90 Å². The number of hydrogen-bond acceptors (Lipinski definition) is 5. The molecule has 170 valence electrons. The maximum atomic E-state index is 13.0. The van der Waals surface area contributed by atoms with E-state index in [1.165, 1.54) is 4.90 Å². The molecule has 0 radical (unpaired) electrons. The van der Waals surface area contributed by atoms with Crippen molar-refractivity contribution in [2.75, 3.05) is 31.1 Å². The van der Waals surface area contributed by atoms with Gasteiger partial charge in [0.15, 0.2) is 0 Å². The molecule has 1 aliphatic heterocycles. The Kier molecular flexibility index (Phi) is 6.75. The number of hydrogen-bond donors (Lipinski definition) is 0. The molecule has 0 saturated carbocycles. The van der Waals surface area contributed by atoms with E-state index in [0.717, 1.165) is 22.9 Å². The monoisotopic (exact) mass is 446 g/mol. The molecule has 2 aromatic heterocycles. The van der Waals surface area contributed by atoms with Crippen LogP contribution in [0.1, 0.15) is 20.8 Å². The molecule has 8 nitrogen and oxygen atoms in total. The second-order valence-electron chi connectivity index (χ2n) is 10.1. The minimum absolute atomic E-state index is 0.0135. The minimum atomic E-state index is -1.19. The average molecular weight is 447 g/mol.